The van der Waals surface area contributed by atoms with Gasteiger partial charge in [-0.3, -0.25) is 5.10 Å². The van der Waals surface area contributed by atoms with Gasteiger partial charge in [-0.25, -0.2) is 13.6 Å². The van der Waals surface area contributed by atoms with E-state index in [0.717, 1.165) is 25.0 Å². The number of aromatic nitrogens is 2. The van der Waals surface area contributed by atoms with E-state index in [9.17, 15) is 18.8 Å². The highest BCUT2D eigenvalue weighted by molar-refractivity contribution is 6.04. The van der Waals surface area contributed by atoms with Gasteiger partial charge >= 0.3 is 5.97 Å². The lowest BCUT2D eigenvalue weighted by Crippen LogP contribution is -2.02. The SMILES string of the molecule is N#Cc1c(C(=C(c2ccc(F)cc2F)C2CC2)c2ccc(C=CC(=O)O)cc2)ccc2n[nH]c(F)c12. The Morgan fingerprint density at radius 2 is 1.78 bits per heavy atom. The molecule has 0 aliphatic heterocycles. The van der Waals surface area contributed by atoms with Crippen molar-refractivity contribution in [3.05, 3.63) is 106 Å². The molecule has 0 amide bonds. The molecule has 0 spiro atoms. The number of H-pyrrole nitrogens is 1. The maximum absolute atomic E-state index is 15.1. The molecule has 36 heavy (non-hydrogen) atoms. The van der Waals surface area contributed by atoms with Gasteiger partial charge in [0.15, 0.2) is 0 Å². The molecule has 8 heteroatoms. The lowest BCUT2D eigenvalue weighted by Gasteiger charge is -2.19. The van der Waals surface area contributed by atoms with Gasteiger partial charge in [0.1, 0.15) is 17.7 Å². The summed E-state index contributed by atoms with van der Waals surface area (Å²) in [5.41, 5.74) is 3.29. The third-order valence-corrected chi connectivity index (χ3v) is 6.15. The number of halogens is 3. The van der Waals surface area contributed by atoms with Crippen molar-refractivity contribution in [2.45, 2.75) is 12.8 Å². The number of allylic oxidation sites excluding steroid dienone is 1. The maximum atomic E-state index is 15.1. The molecular weight excluding hydrogens is 467 g/mol. The second kappa shape index (κ2) is 9.19. The van der Waals surface area contributed by atoms with E-state index in [1.54, 1.807) is 36.4 Å². The van der Waals surface area contributed by atoms with Gasteiger partial charge in [0, 0.05) is 23.3 Å². The number of carboxylic acid groups (broad SMARTS) is 1. The van der Waals surface area contributed by atoms with E-state index in [4.69, 9.17) is 5.11 Å². The molecule has 0 bridgehead atoms. The highest BCUT2D eigenvalue weighted by atomic mass is 19.1. The van der Waals surface area contributed by atoms with Gasteiger partial charge in [-0.2, -0.15) is 14.8 Å². The third-order valence-electron chi connectivity index (χ3n) is 6.15. The molecule has 1 heterocycles. The van der Waals surface area contributed by atoms with E-state index in [1.165, 1.54) is 18.2 Å². The molecule has 5 nitrogen and oxygen atoms in total. The molecule has 3 aromatic carbocycles. The summed E-state index contributed by atoms with van der Waals surface area (Å²) in [6.07, 6.45) is 4.00. The van der Waals surface area contributed by atoms with E-state index in [1.807, 2.05) is 0 Å². The van der Waals surface area contributed by atoms with Crippen LogP contribution in [0.5, 0.6) is 0 Å². The van der Waals surface area contributed by atoms with Crippen LogP contribution in [0, 0.1) is 34.8 Å². The lowest BCUT2D eigenvalue weighted by atomic mass is 9.84. The van der Waals surface area contributed by atoms with Crippen LogP contribution in [0.2, 0.25) is 0 Å². The molecule has 1 aliphatic carbocycles. The number of nitrogens with zero attached hydrogens (tertiary/aromatic N) is 2. The summed E-state index contributed by atoms with van der Waals surface area (Å²) in [5.74, 6) is -3.32. The molecular formula is C28H18F3N3O2. The van der Waals surface area contributed by atoms with Crippen LogP contribution in [-0.2, 0) is 4.79 Å². The third kappa shape index (κ3) is 4.27. The van der Waals surface area contributed by atoms with Crippen LogP contribution in [0.15, 0.2) is 60.7 Å². The number of carboxylic acids is 1. The summed E-state index contributed by atoms with van der Waals surface area (Å²) >= 11 is 0. The van der Waals surface area contributed by atoms with Crippen LogP contribution in [-0.4, -0.2) is 21.3 Å². The Morgan fingerprint density at radius 1 is 1.06 bits per heavy atom. The Labute approximate surface area is 203 Å². The predicted molar refractivity (Wildman–Crippen MR) is 129 cm³/mol. The number of nitriles is 1. The largest absolute Gasteiger partial charge is 0.478 e. The number of carbonyl (C=O) groups is 1. The van der Waals surface area contributed by atoms with Crippen molar-refractivity contribution in [1.29, 1.82) is 5.26 Å². The first-order valence-corrected chi connectivity index (χ1v) is 11.2. The molecule has 0 saturated heterocycles. The molecule has 4 aromatic rings. The highest BCUT2D eigenvalue weighted by Crippen LogP contribution is 2.49. The average Bonchev–Trinajstić information content (AvgIpc) is 3.63. The van der Waals surface area contributed by atoms with E-state index in [-0.39, 0.29) is 27.9 Å². The summed E-state index contributed by atoms with van der Waals surface area (Å²) in [5, 5.41) is 25.1. The van der Waals surface area contributed by atoms with Gasteiger partial charge in [-0.15, -0.1) is 0 Å². The summed E-state index contributed by atoms with van der Waals surface area (Å²) in [6, 6.07) is 15.6. The molecule has 1 saturated carbocycles. The molecule has 1 aromatic heterocycles. The number of hydrogen-bond donors (Lipinski definition) is 2. The first kappa shape index (κ1) is 23.1. The molecule has 2 N–H and O–H groups in total. The minimum Gasteiger partial charge on any atom is -0.478 e. The van der Waals surface area contributed by atoms with Gasteiger partial charge in [0.05, 0.1) is 16.5 Å². The van der Waals surface area contributed by atoms with Crippen LogP contribution >= 0.6 is 0 Å². The second-order valence-electron chi connectivity index (χ2n) is 8.51. The van der Waals surface area contributed by atoms with Crippen LogP contribution in [0.1, 0.15) is 40.7 Å². The van der Waals surface area contributed by atoms with Gasteiger partial charge in [0.25, 0.3) is 0 Å². The number of hydrogen-bond acceptors (Lipinski definition) is 3. The maximum Gasteiger partial charge on any atom is 0.328 e. The summed E-state index contributed by atoms with van der Waals surface area (Å²) < 4.78 is 43.4. The van der Waals surface area contributed by atoms with Crippen molar-refractivity contribution < 1.29 is 23.1 Å². The molecule has 1 fully saturated rings. The number of nitrogens with one attached hydrogen (secondary N) is 1. The molecule has 0 unspecified atom stereocenters. The van der Waals surface area contributed by atoms with E-state index < -0.39 is 23.6 Å². The van der Waals surface area contributed by atoms with Crippen LogP contribution in [0.4, 0.5) is 13.2 Å². The van der Waals surface area contributed by atoms with Crippen LogP contribution in [0.25, 0.3) is 28.1 Å². The van der Waals surface area contributed by atoms with Gasteiger partial charge in [0.2, 0.25) is 5.95 Å². The topological polar surface area (TPSA) is 89.8 Å². The first-order valence-electron chi connectivity index (χ1n) is 11.2. The van der Waals surface area contributed by atoms with Gasteiger partial charge in [-0.05, 0) is 65.3 Å². The zero-order chi connectivity index (χ0) is 25.4. The van der Waals surface area contributed by atoms with Crippen molar-refractivity contribution >= 4 is 34.1 Å². The average molecular weight is 485 g/mol. The number of benzene rings is 3. The molecule has 0 atom stereocenters. The van der Waals surface area contributed by atoms with Gasteiger partial charge < -0.3 is 5.11 Å². The van der Waals surface area contributed by atoms with Crippen molar-refractivity contribution in [2.75, 3.05) is 0 Å². The standard InChI is InChI=1S/C28H18F3N3O2/c29-18-8-9-20(22(30)13-18)26(17-6-7-17)25(16-4-1-15(2-5-16)3-12-24(35)36)19-10-11-23-27(21(19)14-32)28(31)34-33-23/h1-5,8-13,17H,6-7H2,(H,33,34)(H,35,36). The number of fused-ring (bicyclic) bond motifs is 1. The Balaban J connectivity index is 1.82. The normalized spacial score (nSPS) is 14.2. The Hall–Kier alpha value is -4.64. The van der Waals surface area contributed by atoms with Crippen molar-refractivity contribution in [1.82, 2.24) is 10.2 Å². The Kier molecular flexibility index (Phi) is 5.90. The van der Waals surface area contributed by atoms with Crippen LogP contribution in [0.3, 0.4) is 0 Å². The number of rotatable bonds is 6. The number of aromatic amines is 1. The van der Waals surface area contributed by atoms with Crippen molar-refractivity contribution in [3.8, 4) is 6.07 Å². The minimum atomic E-state index is -1.09. The summed E-state index contributed by atoms with van der Waals surface area (Å²) in [7, 11) is 0. The fourth-order valence-corrected chi connectivity index (χ4v) is 4.42. The van der Waals surface area contributed by atoms with E-state index >= 15 is 4.39 Å². The predicted octanol–water partition coefficient (Wildman–Crippen LogP) is 6.32. The first-order chi connectivity index (χ1) is 17.4. The summed E-state index contributed by atoms with van der Waals surface area (Å²) in [4.78, 5) is 10.9. The second-order valence-corrected chi connectivity index (χ2v) is 8.51. The smallest absolute Gasteiger partial charge is 0.328 e. The monoisotopic (exact) mass is 485 g/mol. The highest BCUT2D eigenvalue weighted by Gasteiger charge is 2.33. The molecule has 1 aliphatic rings. The summed E-state index contributed by atoms with van der Waals surface area (Å²) in [6.45, 7) is 0. The Bertz CT molecular complexity index is 1610. The zero-order valence-electron chi connectivity index (χ0n) is 18.7. The molecule has 5 rings (SSSR count). The van der Waals surface area contributed by atoms with Crippen molar-refractivity contribution in [3.63, 3.8) is 0 Å². The minimum absolute atomic E-state index is 0.0308. The molecule has 178 valence electrons. The van der Waals surface area contributed by atoms with Crippen molar-refractivity contribution in [2.24, 2.45) is 5.92 Å². The molecule has 0 radical (unpaired) electrons. The number of aliphatic carboxylic acids is 1. The lowest BCUT2D eigenvalue weighted by molar-refractivity contribution is -0.131. The van der Waals surface area contributed by atoms with E-state index in [0.29, 0.717) is 27.8 Å². The fraction of sp³-hybridized carbons (Fsp3) is 0.107. The van der Waals surface area contributed by atoms with Crippen LogP contribution < -0.4 is 0 Å². The Morgan fingerprint density at radius 3 is 2.42 bits per heavy atom. The quantitative estimate of drug-likeness (QED) is 0.247. The van der Waals surface area contributed by atoms with E-state index in [2.05, 4.69) is 16.3 Å². The fourth-order valence-electron chi connectivity index (χ4n) is 4.42. The zero-order valence-corrected chi connectivity index (χ0v) is 18.7. The van der Waals surface area contributed by atoms with Gasteiger partial charge in [-0.1, -0.05) is 30.3 Å².